The maximum absolute atomic E-state index is 14.2. The number of carboxylic acid groups (broad SMARTS) is 1. The van der Waals surface area contributed by atoms with E-state index in [1.807, 2.05) is 6.92 Å². The second-order valence-corrected chi connectivity index (χ2v) is 8.34. The van der Waals surface area contributed by atoms with Gasteiger partial charge in [0, 0.05) is 17.8 Å². The van der Waals surface area contributed by atoms with Crippen LogP contribution in [0.5, 0.6) is 6.08 Å². The Kier molecular flexibility index (Phi) is 9.63. The third kappa shape index (κ3) is 8.18. The highest BCUT2D eigenvalue weighted by Crippen LogP contribution is 2.33. The van der Waals surface area contributed by atoms with Crippen molar-refractivity contribution < 1.29 is 41.4 Å². The molecule has 0 radical (unpaired) electrons. The van der Waals surface area contributed by atoms with Crippen molar-refractivity contribution in [1.29, 1.82) is 0 Å². The van der Waals surface area contributed by atoms with E-state index in [1.165, 1.54) is 0 Å². The molecule has 0 saturated carbocycles. The van der Waals surface area contributed by atoms with Crippen LogP contribution < -0.4 is 15.4 Å². The van der Waals surface area contributed by atoms with E-state index in [4.69, 9.17) is 14.3 Å². The maximum atomic E-state index is 14.2. The number of aliphatic carboxylic acids is 1. The number of unbranched alkanes of at least 4 members (excludes halogenated alkanes) is 1. The average Bonchev–Trinajstić information content (AvgIpc) is 3.34. The molecule has 1 atom stereocenters. The number of ether oxygens (including phenoxy) is 1. The smallest absolute Gasteiger partial charge is 0.416 e. The molecule has 0 saturated heterocycles. The largest absolute Gasteiger partial charge is 0.481 e. The van der Waals surface area contributed by atoms with Crippen LogP contribution in [0.4, 0.5) is 23.2 Å². The first kappa shape index (κ1) is 28.4. The molecule has 0 aliphatic heterocycles. The van der Waals surface area contributed by atoms with Gasteiger partial charge >= 0.3 is 18.2 Å². The Hall–Kier alpha value is -4.16. The van der Waals surface area contributed by atoms with Crippen molar-refractivity contribution >= 4 is 17.6 Å². The third-order valence-electron chi connectivity index (χ3n) is 5.39. The lowest BCUT2D eigenvalue weighted by Crippen LogP contribution is -2.27. The fourth-order valence-corrected chi connectivity index (χ4v) is 3.40. The molecule has 204 valence electrons. The van der Waals surface area contributed by atoms with Gasteiger partial charge in [-0.2, -0.15) is 13.2 Å². The van der Waals surface area contributed by atoms with Gasteiger partial charge in [0.1, 0.15) is 12.4 Å². The van der Waals surface area contributed by atoms with Crippen molar-refractivity contribution in [1.82, 2.24) is 15.5 Å². The minimum atomic E-state index is -4.68. The Morgan fingerprint density at radius 3 is 2.50 bits per heavy atom. The van der Waals surface area contributed by atoms with Crippen LogP contribution in [0.15, 0.2) is 46.9 Å². The number of carbonyl (C=O) groups excluding carboxylic acids is 1. The van der Waals surface area contributed by atoms with Gasteiger partial charge in [-0.3, -0.25) is 9.59 Å². The van der Waals surface area contributed by atoms with Crippen molar-refractivity contribution in [3.8, 4) is 17.5 Å². The summed E-state index contributed by atoms with van der Waals surface area (Å²) in [6, 6.07) is 8.37. The molecular weight excluding hydrogens is 512 g/mol. The van der Waals surface area contributed by atoms with E-state index in [-0.39, 0.29) is 49.1 Å². The zero-order chi connectivity index (χ0) is 27.7. The molecular formula is C25H26F4N4O5. The van der Waals surface area contributed by atoms with Gasteiger partial charge in [0.15, 0.2) is 0 Å². The predicted molar refractivity (Wildman–Crippen MR) is 128 cm³/mol. The zero-order valence-corrected chi connectivity index (χ0v) is 20.3. The summed E-state index contributed by atoms with van der Waals surface area (Å²) in [5.41, 5.74) is -0.342. The highest BCUT2D eigenvalue weighted by atomic mass is 19.4. The number of carbonyl (C=O) groups is 2. The number of carboxylic acids is 1. The summed E-state index contributed by atoms with van der Waals surface area (Å²) in [5, 5.41) is 21.8. The van der Waals surface area contributed by atoms with Crippen LogP contribution in [0.3, 0.4) is 0 Å². The molecule has 0 aliphatic rings. The Morgan fingerprint density at radius 2 is 1.87 bits per heavy atom. The summed E-state index contributed by atoms with van der Waals surface area (Å²) in [6.45, 7) is 2.14. The molecule has 1 amide bonds. The Morgan fingerprint density at radius 1 is 1.13 bits per heavy atom. The number of halogens is 4. The SMILES string of the molecule is CCCC[C@@H](COc1nnc(-c2ccc(C(F)(F)F)cc2F)o1)Nc1ccc(C(=O)NCCC(=O)O)cc1. The molecule has 0 aliphatic carbocycles. The summed E-state index contributed by atoms with van der Waals surface area (Å²) in [5.74, 6) is -2.87. The summed E-state index contributed by atoms with van der Waals surface area (Å²) in [4.78, 5) is 22.7. The first-order chi connectivity index (χ1) is 18.1. The number of hydrogen-bond donors (Lipinski definition) is 3. The van der Waals surface area contributed by atoms with Crippen molar-refractivity contribution in [2.45, 2.75) is 44.8 Å². The topological polar surface area (TPSA) is 127 Å². The summed E-state index contributed by atoms with van der Waals surface area (Å²) < 4.78 is 63.4. The van der Waals surface area contributed by atoms with Crippen LogP contribution in [-0.4, -0.2) is 46.4 Å². The van der Waals surface area contributed by atoms with Gasteiger partial charge in [-0.25, -0.2) is 4.39 Å². The molecule has 1 heterocycles. The van der Waals surface area contributed by atoms with Crippen LogP contribution in [0, 0.1) is 5.82 Å². The predicted octanol–water partition coefficient (Wildman–Crippen LogP) is 5.15. The number of anilines is 1. The number of alkyl halides is 3. The standard InChI is InChI=1S/C25H26F4N4O5/c1-2-3-4-18(31-17-8-5-15(6-9-17)22(36)30-12-11-21(34)35)14-37-24-33-32-23(38-24)19-10-7-16(13-20(19)26)25(27,28)29/h5-10,13,18,31H,2-4,11-12,14H2,1H3,(H,30,36)(H,34,35)/t18-/m0/s1. The van der Waals surface area contributed by atoms with Crippen LogP contribution in [-0.2, 0) is 11.0 Å². The third-order valence-corrected chi connectivity index (χ3v) is 5.39. The second kappa shape index (κ2) is 12.9. The average molecular weight is 538 g/mol. The molecule has 0 fully saturated rings. The Bertz CT molecular complexity index is 1230. The van der Waals surface area contributed by atoms with Gasteiger partial charge in [-0.05, 0) is 48.9 Å². The number of benzene rings is 2. The molecule has 38 heavy (non-hydrogen) atoms. The minimum absolute atomic E-state index is 0.0213. The lowest BCUT2D eigenvalue weighted by atomic mass is 10.1. The molecule has 0 spiro atoms. The lowest BCUT2D eigenvalue weighted by Gasteiger charge is -2.19. The van der Waals surface area contributed by atoms with Crippen molar-refractivity contribution in [2.24, 2.45) is 0 Å². The van der Waals surface area contributed by atoms with Gasteiger partial charge in [0.2, 0.25) is 0 Å². The van der Waals surface area contributed by atoms with Crippen molar-refractivity contribution in [2.75, 3.05) is 18.5 Å². The van der Waals surface area contributed by atoms with Gasteiger partial charge < -0.3 is 24.9 Å². The molecule has 3 rings (SSSR count). The molecule has 0 unspecified atom stereocenters. The number of aromatic nitrogens is 2. The van der Waals surface area contributed by atoms with E-state index in [9.17, 15) is 27.2 Å². The second-order valence-electron chi connectivity index (χ2n) is 8.34. The maximum Gasteiger partial charge on any atom is 0.416 e. The van der Waals surface area contributed by atoms with Crippen molar-refractivity contribution in [3.63, 3.8) is 0 Å². The van der Waals surface area contributed by atoms with E-state index >= 15 is 0 Å². The molecule has 3 N–H and O–H groups in total. The minimum Gasteiger partial charge on any atom is -0.481 e. The highest BCUT2D eigenvalue weighted by molar-refractivity contribution is 5.94. The first-order valence-corrected chi connectivity index (χ1v) is 11.8. The zero-order valence-electron chi connectivity index (χ0n) is 20.3. The van der Waals surface area contributed by atoms with E-state index in [1.54, 1.807) is 24.3 Å². The number of hydrogen-bond acceptors (Lipinski definition) is 7. The molecule has 9 nitrogen and oxygen atoms in total. The molecule has 1 aromatic heterocycles. The van der Waals surface area contributed by atoms with Crippen LogP contribution >= 0.6 is 0 Å². The fourth-order valence-electron chi connectivity index (χ4n) is 3.40. The normalized spacial score (nSPS) is 12.1. The molecule has 2 aromatic carbocycles. The van der Waals surface area contributed by atoms with Gasteiger partial charge in [-0.15, -0.1) is 5.10 Å². The lowest BCUT2D eigenvalue weighted by molar-refractivity contribution is -0.138. The number of nitrogens with zero attached hydrogens (tertiary/aromatic N) is 2. The van der Waals surface area contributed by atoms with Crippen LogP contribution in [0.25, 0.3) is 11.5 Å². The van der Waals surface area contributed by atoms with Gasteiger partial charge in [-0.1, -0.05) is 24.9 Å². The van der Waals surface area contributed by atoms with E-state index in [0.29, 0.717) is 23.7 Å². The van der Waals surface area contributed by atoms with Gasteiger partial charge in [0.25, 0.3) is 11.8 Å². The number of rotatable bonds is 13. The Labute approximate surface area is 215 Å². The van der Waals surface area contributed by atoms with Crippen LogP contribution in [0.1, 0.15) is 48.5 Å². The molecule has 3 aromatic rings. The Balaban J connectivity index is 1.60. The highest BCUT2D eigenvalue weighted by Gasteiger charge is 2.31. The van der Waals surface area contributed by atoms with E-state index in [0.717, 1.165) is 25.0 Å². The number of amides is 1. The summed E-state index contributed by atoms with van der Waals surface area (Å²) in [6.07, 6.45) is -2.62. The summed E-state index contributed by atoms with van der Waals surface area (Å²) >= 11 is 0. The quantitative estimate of drug-likeness (QED) is 0.255. The molecule has 0 bridgehead atoms. The molecule has 13 heteroatoms. The van der Waals surface area contributed by atoms with Gasteiger partial charge in [0.05, 0.1) is 23.6 Å². The van der Waals surface area contributed by atoms with Crippen LogP contribution in [0.2, 0.25) is 0 Å². The van der Waals surface area contributed by atoms with Crippen molar-refractivity contribution in [3.05, 3.63) is 59.4 Å². The van der Waals surface area contributed by atoms with E-state index in [2.05, 4.69) is 20.8 Å². The summed E-state index contributed by atoms with van der Waals surface area (Å²) in [7, 11) is 0. The van der Waals surface area contributed by atoms with E-state index < -0.39 is 23.5 Å². The fraction of sp³-hybridized carbons (Fsp3) is 0.360. The number of nitrogens with one attached hydrogen (secondary N) is 2. The first-order valence-electron chi connectivity index (χ1n) is 11.8. The monoisotopic (exact) mass is 538 g/mol.